The van der Waals surface area contributed by atoms with Crippen LogP contribution in [0.3, 0.4) is 0 Å². The molecule has 0 saturated carbocycles. The Morgan fingerprint density at radius 2 is 1.93 bits per heavy atom. The molecule has 0 aliphatic carbocycles. The van der Waals surface area contributed by atoms with Gasteiger partial charge in [0.15, 0.2) is 0 Å². The Kier molecular flexibility index (Phi) is 8.19. The third-order valence-corrected chi connectivity index (χ3v) is 4.83. The van der Waals surface area contributed by atoms with Gasteiger partial charge in [-0.2, -0.15) is 0 Å². The van der Waals surface area contributed by atoms with E-state index in [2.05, 4.69) is 15.0 Å². The third-order valence-electron chi connectivity index (χ3n) is 4.83. The van der Waals surface area contributed by atoms with E-state index in [1.165, 1.54) is 6.07 Å². The number of anilines is 1. The first-order valence-corrected chi connectivity index (χ1v) is 10.4. The number of halogens is 1. The minimum atomic E-state index is -0.202. The summed E-state index contributed by atoms with van der Waals surface area (Å²) in [5.74, 6) is -0.202. The second-order valence-electron chi connectivity index (χ2n) is 6.35. The van der Waals surface area contributed by atoms with Crippen LogP contribution in [0.15, 0.2) is 53.9 Å². The molecule has 1 atom stereocenters. The molecule has 3 heterocycles. The first-order valence-electron chi connectivity index (χ1n) is 10.4. The Bertz CT molecular complexity index is 951. The van der Waals surface area contributed by atoms with Crippen LogP contribution < -0.4 is 4.90 Å². The maximum atomic E-state index is 13.6. The molecule has 1 aliphatic rings. The number of nitrogens with zero attached hydrogens (tertiary/aromatic N) is 4. The molecule has 156 valence electrons. The molecule has 1 aromatic carbocycles. The van der Waals surface area contributed by atoms with E-state index < -0.39 is 0 Å². The fraction of sp³-hybridized carbons (Fsp3) is 0.391. The molecule has 0 bridgehead atoms. The molecule has 6 heteroatoms. The van der Waals surface area contributed by atoms with Gasteiger partial charge in [0.2, 0.25) is 0 Å². The molecular weight excluding hydrogens is 367 g/mol. The predicted molar refractivity (Wildman–Crippen MR) is 118 cm³/mol. The van der Waals surface area contributed by atoms with Crippen LogP contribution in [0.2, 0.25) is 0 Å². The van der Waals surface area contributed by atoms with Crippen molar-refractivity contribution in [2.45, 2.75) is 53.5 Å². The molecule has 1 unspecified atom stereocenters. The van der Waals surface area contributed by atoms with Gasteiger partial charge >= 0.3 is 0 Å². The molecule has 1 saturated heterocycles. The maximum absolute atomic E-state index is 13.6. The highest BCUT2D eigenvalue weighted by molar-refractivity contribution is 5.97. The second kappa shape index (κ2) is 10.6. The molecule has 2 aromatic heterocycles. The van der Waals surface area contributed by atoms with Gasteiger partial charge in [-0.05, 0) is 49.6 Å². The Labute approximate surface area is 172 Å². The molecule has 1 N–H and O–H groups in total. The van der Waals surface area contributed by atoms with Crippen molar-refractivity contribution in [2.75, 3.05) is 11.4 Å². The number of pyridine rings is 1. The van der Waals surface area contributed by atoms with Gasteiger partial charge in [-0.3, -0.25) is 4.40 Å². The van der Waals surface area contributed by atoms with E-state index in [1.54, 1.807) is 25.3 Å². The standard InChI is InChI=1S/C19H19FN4O.2C2H6/c1-13(22-25)18-11-21-19-8-7-16(12-24(18)19)23-9-3-6-17(23)14-4-2-5-15(20)10-14;2*1-2/h2,4-5,7-8,10-12,17,25H,3,6,9H2,1H3;2*1-2H3/b22-13+;;. The van der Waals surface area contributed by atoms with Crippen LogP contribution in [-0.4, -0.2) is 26.8 Å². The van der Waals surface area contributed by atoms with Gasteiger partial charge in [-0.25, -0.2) is 9.37 Å². The lowest BCUT2D eigenvalue weighted by Crippen LogP contribution is -2.23. The summed E-state index contributed by atoms with van der Waals surface area (Å²) in [7, 11) is 0. The van der Waals surface area contributed by atoms with E-state index in [4.69, 9.17) is 5.21 Å². The molecule has 4 rings (SSSR count). The molecule has 1 fully saturated rings. The minimum absolute atomic E-state index is 0.160. The van der Waals surface area contributed by atoms with Crippen LogP contribution in [0, 0.1) is 5.82 Å². The Hall–Kier alpha value is -2.89. The number of hydrogen-bond acceptors (Lipinski definition) is 4. The van der Waals surface area contributed by atoms with Gasteiger partial charge < -0.3 is 10.1 Å². The fourth-order valence-electron chi connectivity index (χ4n) is 3.59. The summed E-state index contributed by atoms with van der Waals surface area (Å²) in [6.45, 7) is 10.7. The minimum Gasteiger partial charge on any atom is -0.411 e. The lowest BCUT2D eigenvalue weighted by atomic mass is 10.0. The summed E-state index contributed by atoms with van der Waals surface area (Å²) < 4.78 is 15.6. The summed E-state index contributed by atoms with van der Waals surface area (Å²) in [5, 5.41) is 12.3. The van der Waals surface area contributed by atoms with Crippen molar-refractivity contribution in [3.63, 3.8) is 0 Å². The van der Waals surface area contributed by atoms with Gasteiger partial charge in [0.05, 0.1) is 23.6 Å². The Balaban J connectivity index is 0.000000707. The summed E-state index contributed by atoms with van der Waals surface area (Å²) >= 11 is 0. The summed E-state index contributed by atoms with van der Waals surface area (Å²) in [4.78, 5) is 6.64. The normalized spacial score (nSPS) is 16.1. The average molecular weight is 399 g/mol. The highest BCUT2D eigenvalue weighted by Gasteiger charge is 2.27. The lowest BCUT2D eigenvalue weighted by molar-refractivity contribution is 0.319. The fourth-order valence-corrected chi connectivity index (χ4v) is 3.59. The summed E-state index contributed by atoms with van der Waals surface area (Å²) in [6, 6.07) is 11.0. The first kappa shape index (κ1) is 22.4. The lowest BCUT2D eigenvalue weighted by Gasteiger charge is -2.27. The van der Waals surface area contributed by atoms with Crippen molar-refractivity contribution in [1.29, 1.82) is 0 Å². The van der Waals surface area contributed by atoms with Gasteiger partial charge in [-0.15, -0.1) is 0 Å². The molecular formula is C23H31FN4O. The van der Waals surface area contributed by atoms with Crippen molar-refractivity contribution in [2.24, 2.45) is 5.16 Å². The Morgan fingerprint density at radius 3 is 2.62 bits per heavy atom. The topological polar surface area (TPSA) is 53.1 Å². The SMILES string of the molecule is C/C(=N\O)c1cnc2ccc(N3CCCC3c3cccc(F)c3)cn12.CC.CC. The number of aromatic nitrogens is 2. The monoisotopic (exact) mass is 398 g/mol. The number of fused-ring (bicyclic) bond motifs is 1. The van der Waals surface area contributed by atoms with Crippen molar-refractivity contribution in [1.82, 2.24) is 9.38 Å². The van der Waals surface area contributed by atoms with E-state index in [9.17, 15) is 4.39 Å². The number of hydrogen-bond donors (Lipinski definition) is 1. The van der Waals surface area contributed by atoms with E-state index in [-0.39, 0.29) is 11.9 Å². The van der Waals surface area contributed by atoms with Gasteiger partial charge in [-0.1, -0.05) is 45.0 Å². The van der Waals surface area contributed by atoms with Crippen LogP contribution in [0.5, 0.6) is 0 Å². The van der Waals surface area contributed by atoms with Gasteiger partial charge in [0, 0.05) is 12.7 Å². The number of benzene rings is 1. The average Bonchev–Trinajstić information content (AvgIpc) is 3.43. The van der Waals surface area contributed by atoms with E-state index >= 15 is 0 Å². The third kappa shape index (κ3) is 4.75. The Morgan fingerprint density at radius 1 is 1.17 bits per heavy atom. The van der Waals surface area contributed by atoms with Gasteiger partial charge in [0.25, 0.3) is 0 Å². The number of rotatable bonds is 3. The van der Waals surface area contributed by atoms with Crippen LogP contribution in [-0.2, 0) is 0 Å². The molecule has 0 radical (unpaired) electrons. The smallest absolute Gasteiger partial charge is 0.137 e. The largest absolute Gasteiger partial charge is 0.411 e. The van der Waals surface area contributed by atoms with Gasteiger partial charge in [0.1, 0.15) is 17.2 Å². The van der Waals surface area contributed by atoms with Crippen LogP contribution in [0.25, 0.3) is 5.65 Å². The first-order chi connectivity index (χ1) is 14.2. The van der Waals surface area contributed by atoms with Crippen molar-refractivity contribution in [3.05, 3.63) is 65.9 Å². The number of imidazole rings is 1. The van der Waals surface area contributed by atoms with Crippen molar-refractivity contribution >= 4 is 17.0 Å². The summed E-state index contributed by atoms with van der Waals surface area (Å²) in [5.41, 5.74) is 4.10. The van der Waals surface area contributed by atoms with Crippen molar-refractivity contribution < 1.29 is 9.60 Å². The van der Waals surface area contributed by atoms with Crippen molar-refractivity contribution in [3.8, 4) is 0 Å². The highest BCUT2D eigenvalue weighted by Crippen LogP contribution is 2.36. The van der Waals surface area contributed by atoms with E-state index in [1.807, 2.05) is 56.5 Å². The maximum Gasteiger partial charge on any atom is 0.137 e. The molecule has 1 aliphatic heterocycles. The molecule has 3 aromatic rings. The molecule has 0 amide bonds. The van der Waals surface area contributed by atoms with Crippen LogP contribution >= 0.6 is 0 Å². The predicted octanol–water partition coefficient (Wildman–Crippen LogP) is 6.07. The zero-order valence-corrected chi connectivity index (χ0v) is 17.9. The second-order valence-corrected chi connectivity index (χ2v) is 6.35. The number of oxime groups is 1. The molecule has 29 heavy (non-hydrogen) atoms. The zero-order valence-electron chi connectivity index (χ0n) is 17.9. The zero-order chi connectivity index (χ0) is 21.4. The van der Waals surface area contributed by atoms with E-state index in [0.29, 0.717) is 5.71 Å². The molecule has 0 spiro atoms. The van der Waals surface area contributed by atoms with Crippen LogP contribution in [0.4, 0.5) is 10.1 Å². The molecule has 5 nitrogen and oxygen atoms in total. The quantitative estimate of drug-likeness (QED) is 0.331. The highest BCUT2D eigenvalue weighted by atomic mass is 19.1. The summed E-state index contributed by atoms with van der Waals surface area (Å²) in [6.07, 6.45) is 5.76. The van der Waals surface area contributed by atoms with E-state index in [0.717, 1.165) is 42.0 Å². The van der Waals surface area contributed by atoms with Crippen LogP contribution in [0.1, 0.15) is 64.8 Å².